The zero-order valence-corrected chi connectivity index (χ0v) is 9.57. The summed E-state index contributed by atoms with van der Waals surface area (Å²) in [6, 6.07) is 7.12. The van der Waals surface area contributed by atoms with Gasteiger partial charge in [0.1, 0.15) is 5.58 Å². The predicted molar refractivity (Wildman–Crippen MR) is 61.1 cm³/mol. The molecule has 0 spiro atoms. The van der Waals surface area contributed by atoms with Gasteiger partial charge in [-0.2, -0.15) is 13.2 Å². The third-order valence-corrected chi connectivity index (χ3v) is 2.81. The molecule has 0 saturated heterocycles. The van der Waals surface area contributed by atoms with Crippen LogP contribution in [0.1, 0.15) is 30.9 Å². The maximum absolute atomic E-state index is 12.0. The molecule has 0 amide bonds. The first-order valence-electron chi connectivity index (χ1n) is 5.68. The first-order chi connectivity index (χ1) is 8.47. The van der Waals surface area contributed by atoms with Crippen molar-refractivity contribution < 1.29 is 22.7 Å². The van der Waals surface area contributed by atoms with E-state index in [1.807, 2.05) is 0 Å². The van der Waals surface area contributed by atoms with E-state index in [4.69, 9.17) is 4.42 Å². The minimum Gasteiger partial charge on any atom is -0.464 e. The van der Waals surface area contributed by atoms with Crippen molar-refractivity contribution in [2.24, 2.45) is 0 Å². The number of hydrogen-bond donors (Lipinski definition) is 1. The molecule has 1 atom stereocenters. The van der Waals surface area contributed by atoms with Crippen LogP contribution >= 0.6 is 0 Å². The van der Waals surface area contributed by atoms with Crippen molar-refractivity contribution in [1.29, 1.82) is 0 Å². The molecule has 1 N–H and O–H groups in total. The lowest BCUT2D eigenvalue weighted by molar-refractivity contribution is -0.136. The van der Waals surface area contributed by atoms with Crippen molar-refractivity contribution in [3.8, 4) is 0 Å². The van der Waals surface area contributed by atoms with Crippen LogP contribution in [0.2, 0.25) is 0 Å². The molecular formula is C13H13F3O2. The molecule has 0 aliphatic rings. The van der Waals surface area contributed by atoms with Crippen LogP contribution in [0.4, 0.5) is 13.2 Å². The molecule has 18 heavy (non-hydrogen) atoms. The molecule has 2 nitrogen and oxygen atoms in total. The zero-order valence-electron chi connectivity index (χ0n) is 9.57. The molecule has 0 radical (unpaired) electrons. The summed E-state index contributed by atoms with van der Waals surface area (Å²) in [6.07, 6.45) is -4.58. The fourth-order valence-corrected chi connectivity index (χ4v) is 1.91. The Morgan fingerprint density at radius 1 is 1.22 bits per heavy atom. The van der Waals surface area contributed by atoms with E-state index in [0.29, 0.717) is 11.1 Å². The van der Waals surface area contributed by atoms with Gasteiger partial charge in [-0.1, -0.05) is 18.2 Å². The molecule has 1 heterocycles. The third kappa shape index (κ3) is 3.04. The second kappa shape index (κ2) is 5.02. The summed E-state index contributed by atoms with van der Waals surface area (Å²) in [6.45, 7) is 0. The molecule has 0 bridgehead atoms. The van der Waals surface area contributed by atoms with E-state index in [9.17, 15) is 18.3 Å². The Bertz CT molecular complexity index is 516. The Morgan fingerprint density at radius 2 is 1.94 bits per heavy atom. The van der Waals surface area contributed by atoms with Crippen LogP contribution < -0.4 is 0 Å². The minimum absolute atomic E-state index is 0.0725. The number of halogens is 3. The Hall–Kier alpha value is -1.49. The molecule has 2 aromatic rings. The fourth-order valence-electron chi connectivity index (χ4n) is 1.91. The van der Waals surface area contributed by atoms with Crippen molar-refractivity contribution in [3.63, 3.8) is 0 Å². The number of alkyl halides is 3. The SMILES string of the molecule is OC(CCCC(F)(F)F)c1coc2ccccc12. The molecule has 98 valence electrons. The van der Waals surface area contributed by atoms with E-state index in [-0.39, 0.29) is 12.8 Å². The average molecular weight is 258 g/mol. The van der Waals surface area contributed by atoms with Crippen LogP contribution in [0.25, 0.3) is 11.0 Å². The molecule has 1 aromatic heterocycles. The maximum atomic E-state index is 12.0. The molecule has 0 aliphatic heterocycles. The normalized spacial score (nSPS) is 14.0. The van der Waals surface area contributed by atoms with Gasteiger partial charge in [0.25, 0.3) is 0 Å². The quantitative estimate of drug-likeness (QED) is 0.891. The second-order valence-corrected chi connectivity index (χ2v) is 4.21. The van der Waals surface area contributed by atoms with Gasteiger partial charge in [0.05, 0.1) is 12.4 Å². The van der Waals surface area contributed by atoms with Gasteiger partial charge < -0.3 is 9.52 Å². The number of benzene rings is 1. The lowest BCUT2D eigenvalue weighted by Crippen LogP contribution is -2.07. The summed E-state index contributed by atoms with van der Waals surface area (Å²) >= 11 is 0. The Balaban J connectivity index is 2.03. The molecule has 1 unspecified atom stereocenters. The molecule has 5 heteroatoms. The van der Waals surface area contributed by atoms with Crippen LogP contribution in [0, 0.1) is 0 Å². The van der Waals surface area contributed by atoms with Crippen LogP contribution in [-0.4, -0.2) is 11.3 Å². The highest BCUT2D eigenvalue weighted by Crippen LogP contribution is 2.30. The maximum Gasteiger partial charge on any atom is 0.389 e. The summed E-state index contributed by atoms with van der Waals surface area (Å²) < 4.78 is 41.2. The molecule has 0 saturated carbocycles. The van der Waals surface area contributed by atoms with Gasteiger partial charge in [0.15, 0.2) is 0 Å². The monoisotopic (exact) mass is 258 g/mol. The molecule has 0 aliphatic carbocycles. The molecule has 0 fully saturated rings. The first-order valence-corrected chi connectivity index (χ1v) is 5.68. The topological polar surface area (TPSA) is 33.4 Å². The summed E-state index contributed by atoms with van der Waals surface area (Å²) in [5.41, 5.74) is 1.18. The lowest BCUT2D eigenvalue weighted by Gasteiger charge is -2.10. The molecule has 1 aromatic carbocycles. The van der Waals surface area contributed by atoms with Gasteiger partial charge in [0.2, 0.25) is 0 Å². The fraction of sp³-hybridized carbons (Fsp3) is 0.385. The van der Waals surface area contributed by atoms with Crippen molar-refractivity contribution in [1.82, 2.24) is 0 Å². The number of hydrogen-bond acceptors (Lipinski definition) is 2. The zero-order chi connectivity index (χ0) is 13.2. The number of rotatable bonds is 4. The van der Waals surface area contributed by atoms with Gasteiger partial charge in [-0.25, -0.2) is 0 Å². The van der Waals surface area contributed by atoms with Crippen molar-refractivity contribution in [3.05, 3.63) is 36.1 Å². The van der Waals surface area contributed by atoms with Crippen LogP contribution in [0.3, 0.4) is 0 Å². The lowest BCUT2D eigenvalue weighted by atomic mass is 10.0. The van der Waals surface area contributed by atoms with E-state index in [1.165, 1.54) is 6.26 Å². The number of fused-ring (bicyclic) bond motifs is 1. The highest BCUT2D eigenvalue weighted by Gasteiger charge is 2.27. The highest BCUT2D eigenvalue weighted by molar-refractivity contribution is 5.81. The van der Waals surface area contributed by atoms with E-state index in [2.05, 4.69) is 0 Å². The summed E-state index contributed by atoms with van der Waals surface area (Å²) in [7, 11) is 0. The third-order valence-electron chi connectivity index (χ3n) is 2.81. The van der Waals surface area contributed by atoms with Crippen LogP contribution in [0.15, 0.2) is 34.9 Å². The van der Waals surface area contributed by atoms with Gasteiger partial charge in [-0.15, -0.1) is 0 Å². The smallest absolute Gasteiger partial charge is 0.389 e. The van der Waals surface area contributed by atoms with Crippen molar-refractivity contribution in [2.45, 2.75) is 31.5 Å². The van der Waals surface area contributed by atoms with Gasteiger partial charge in [-0.3, -0.25) is 0 Å². The standard InChI is InChI=1S/C13H13F3O2/c14-13(15,16)7-3-5-11(17)10-8-18-12-6-2-1-4-9(10)12/h1-2,4,6,8,11,17H,3,5,7H2. The molecule has 2 rings (SSSR count). The van der Waals surface area contributed by atoms with Crippen LogP contribution in [0.5, 0.6) is 0 Å². The average Bonchev–Trinajstić information content (AvgIpc) is 2.70. The number of furan rings is 1. The number of aliphatic hydroxyl groups excluding tert-OH is 1. The highest BCUT2D eigenvalue weighted by atomic mass is 19.4. The summed E-state index contributed by atoms with van der Waals surface area (Å²) in [5.74, 6) is 0. The summed E-state index contributed by atoms with van der Waals surface area (Å²) in [4.78, 5) is 0. The molecular weight excluding hydrogens is 245 g/mol. The van der Waals surface area contributed by atoms with Crippen molar-refractivity contribution >= 4 is 11.0 Å². The Labute approximate surface area is 102 Å². The van der Waals surface area contributed by atoms with Gasteiger partial charge in [-0.05, 0) is 18.9 Å². The summed E-state index contributed by atoms with van der Waals surface area (Å²) in [5, 5.41) is 10.6. The van der Waals surface area contributed by atoms with E-state index in [0.717, 1.165) is 5.39 Å². The number of aliphatic hydroxyl groups is 1. The van der Waals surface area contributed by atoms with Crippen molar-refractivity contribution in [2.75, 3.05) is 0 Å². The van der Waals surface area contributed by atoms with Gasteiger partial charge in [0, 0.05) is 17.4 Å². The first kappa shape index (κ1) is 13.0. The second-order valence-electron chi connectivity index (χ2n) is 4.21. The van der Waals surface area contributed by atoms with Gasteiger partial charge >= 0.3 is 6.18 Å². The van der Waals surface area contributed by atoms with E-state index >= 15 is 0 Å². The Kier molecular flexibility index (Phi) is 3.61. The Morgan fingerprint density at radius 3 is 2.67 bits per heavy atom. The number of para-hydroxylation sites is 1. The van der Waals surface area contributed by atoms with Crippen LogP contribution in [-0.2, 0) is 0 Å². The van der Waals surface area contributed by atoms with E-state index < -0.39 is 18.7 Å². The van der Waals surface area contributed by atoms with E-state index in [1.54, 1.807) is 24.3 Å². The largest absolute Gasteiger partial charge is 0.464 e. The predicted octanol–water partition coefficient (Wildman–Crippen LogP) is 4.20. The minimum atomic E-state index is -4.17.